The minimum Gasteiger partial charge on any atom is -0.494 e. The minimum atomic E-state index is -0.529. The Labute approximate surface area is 143 Å². The van der Waals surface area contributed by atoms with Crippen LogP contribution in [0.15, 0.2) is 40.7 Å². The molecule has 0 unspecified atom stereocenters. The lowest BCUT2D eigenvalue weighted by Gasteiger charge is -2.04. The van der Waals surface area contributed by atoms with Crippen molar-refractivity contribution < 1.29 is 9.53 Å². The van der Waals surface area contributed by atoms with E-state index in [1.54, 1.807) is 6.20 Å². The summed E-state index contributed by atoms with van der Waals surface area (Å²) in [4.78, 5) is 17.3. The second-order valence-corrected chi connectivity index (χ2v) is 7.07. The van der Waals surface area contributed by atoms with E-state index >= 15 is 0 Å². The number of allylic oxidation sites excluding steroid dienone is 1. The van der Waals surface area contributed by atoms with Gasteiger partial charge in [-0.2, -0.15) is 0 Å². The van der Waals surface area contributed by atoms with Crippen LogP contribution in [-0.4, -0.2) is 22.4 Å². The van der Waals surface area contributed by atoms with E-state index in [0.717, 1.165) is 17.7 Å². The molecule has 0 spiro atoms. The predicted molar refractivity (Wildman–Crippen MR) is 95.4 cm³/mol. The molecule has 6 heteroatoms. The molecule has 0 amide bonds. The molecule has 0 bridgehead atoms. The van der Waals surface area contributed by atoms with E-state index in [9.17, 15) is 4.79 Å². The van der Waals surface area contributed by atoms with Gasteiger partial charge in [-0.3, -0.25) is 10.2 Å². The maximum absolute atomic E-state index is 12.5. The minimum absolute atomic E-state index is 0.0405. The Morgan fingerprint density at radius 2 is 2.13 bits per heavy atom. The molecule has 1 aliphatic rings. The second kappa shape index (κ2) is 7.10. The van der Waals surface area contributed by atoms with Crippen LogP contribution in [0.5, 0.6) is 5.75 Å². The molecule has 1 saturated heterocycles. The largest absolute Gasteiger partial charge is 0.494 e. The third kappa shape index (κ3) is 3.54. The Bertz CT molecular complexity index is 736. The smallest absolute Gasteiger partial charge is 0.186 e. The zero-order valence-corrected chi connectivity index (χ0v) is 14.2. The van der Waals surface area contributed by atoms with E-state index in [4.69, 9.17) is 10.1 Å². The lowest BCUT2D eigenvalue weighted by molar-refractivity contribution is -0.114. The van der Waals surface area contributed by atoms with Crippen LogP contribution in [0.25, 0.3) is 6.08 Å². The number of nitrogens with zero attached hydrogens (tertiary/aromatic N) is 1. The molecule has 2 aromatic rings. The van der Waals surface area contributed by atoms with Gasteiger partial charge in [0.2, 0.25) is 0 Å². The molecule has 0 radical (unpaired) electrons. The van der Waals surface area contributed by atoms with Crippen molar-refractivity contribution in [1.29, 1.82) is 5.41 Å². The molecule has 1 N–H and O–H groups in total. The van der Waals surface area contributed by atoms with Crippen molar-refractivity contribution in [1.82, 2.24) is 4.98 Å². The molecule has 1 atom stereocenters. The molecule has 1 fully saturated rings. The van der Waals surface area contributed by atoms with Crippen LogP contribution in [0.4, 0.5) is 0 Å². The van der Waals surface area contributed by atoms with Crippen molar-refractivity contribution in [3.8, 4) is 5.75 Å². The molecule has 2 heterocycles. The van der Waals surface area contributed by atoms with Gasteiger partial charge in [-0.1, -0.05) is 30.8 Å². The van der Waals surface area contributed by atoms with Gasteiger partial charge in [-0.15, -0.1) is 11.3 Å². The molecule has 23 heavy (non-hydrogen) atoms. The number of carbonyl (C=O) groups excluding carboxylic acids is 1. The number of thiazole rings is 1. The summed E-state index contributed by atoms with van der Waals surface area (Å²) in [6.07, 6.45) is 4.47. The molecule has 0 saturated carbocycles. The van der Waals surface area contributed by atoms with Crippen molar-refractivity contribution in [3.63, 3.8) is 0 Å². The average Bonchev–Trinajstić information content (AvgIpc) is 3.15. The van der Waals surface area contributed by atoms with Gasteiger partial charge in [0, 0.05) is 11.6 Å². The summed E-state index contributed by atoms with van der Waals surface area (Å²) >= 11 is 2.64. The van der Waals surface area contributed by atoms with E-state index in [0.29, 0.717) is 21.6 Å². The number of ether oxygens (including phenoxy) is 1. The number of benzene rings is 1. The molecule has 3 rings (SSSR count). The van der Waals surface area contributed by atoms with Gasteiger partial charge in [0.25, 0.3) is 0 Å². The van der Waals surface area contributed by atoms with Crippen LogP contribution in [0.1, 0.15) is 29.8 Å². The number of nitrogens with one attached hydrogen (secondary N) is 1. The highest BCUT2D eigenvalue weighted by Crippen LogP contribution is 2.41. The fraction of sp³-hybridized carbons (Fsp3) is 0.235. The lowest BCUT2D eigenvalue weighted by atomic mass is 10.1. The number of carbonyl (C=O) groups is 1. The third-order valence-corrected chi connectivity index (χ3v) is 5.17. The fourth-order valence-corrected chi connectivity index (χ4v) is 4.03. The Morgan fingerprint density at radius 3 is 2.78 bits per heavy atom. The standard InChI is InChI=1S/C17H16N2O2S2/c1-2-8-21-12-5-3-11(4-6-12)10-13-15(20)14(16(18)23-13)17-19-7-9-22-17/h3-7,9-10,14,18H,2,8H2,1H3/b13-10-,18-16?/t14-/m0/s1. The number of thioether (sulfide) groups is 1. The highest BCUT2D eigenvalue weighted by molar-refractivity contribution is 8.19. The molecular formula is C17H16N2O2S2. The molecule has 1 aliphatic heterocycles. The second-order valence-electron chi connectivity index (χ2n) is 5.06. The van der Waals surface area contributed by atoms with Gasteiger partial charge in [-0.05, 0) is 30.2 Å². The maximum Gasteiger partial charge on any atom is 0.186 e. The number of Topliss-reactive ketones (excluding diaryl/α,β-unsaturated/α-hetero) is 1. The van der Waals surface area contributed by atoms with Crippen LogP contribution in [-0.2, 0) is 4.79 Å². The lowest BCUT2D eigenvalue weighted by Crippen LogP contribution is -2.11. The monoisotopic (exact) mass is 344 g/mol. The van der Waals surface area contributed by atoms with E-state index in [-0.39, 0.29) is 5.78 Å². The van der Waals surface area contributed by atoms with Gasteiger partial charge < -0.3 is 4.74 Å². The zero-order chi connectivity index (χ0) is 16.2. The van der Waals surface area contributed by atoms with Gasteiger partial charge >= 0.3 is 0 Å². The van der Waals surface area contributed by atoms with Gasteiger partial charge in [0.05, 0.1) is 16.6 Å². The third-order valence-electron chi connectivity index (χ3n) is 3.34. The Morgan fingerprint density at radius 1 is 1.35 bits per heavy atom. The van der Waals surface area contributed by atoms with E-state index in [2.05, 4.69) is 11.9 Å². The first-order chi connectivity index (χ1) is 11.2. The van der Waals surface area contributed by atoms with Crippen molar-refractivity contribution in [2.75, 3.05) is 6.61 Å². The number of rotatable bonds is 5. The SMILES string of the molecule is CCCOc1ccc(/C=C2\SC(=N)[C@@H](c3nccs3)C2=O)cc1. The van der Waals surface area contributed by atoms with E-state index in [1.165, 1.54) is 23.1 Å². The molecule has 1 aromatic carbocycles. The first-order valence-corrected chi connectivity index (χ1v) is 9.03. The Balaban J connectivity index is 1.78. The highest BCUT2D eigenvalue weighted by atomic mass is 32.2. The number of aromatic nitrogens is 1. The fourth-order valence-electron chi connectivity index (χ4n) is 2.22. The van der Waals surface area contributed by atoms with Crippen molar-refractivity contribution in [3.05, 3.63) is 51.3 Å². The van der Waals surface area contributed by atoms with Gasteiger partial charge in [0.1, 0.15) is 16.7 Å². The summed E-state index contributed by atoms with van der Waals surface area (Å²) in [6.45, 7) is 2.76. The maximum atomic E-state index is 12.5. The summed E-state index contributed by atoms with van der Waals surface area (Å²) in [7, 11) is 0. The number of ketones is 1. The summed E-state index contributed by atoms with van der Waals surface area (Å²) in [5.41, 5.74) is 0.928. The summed E-state index contributed by atoms with van der Waals surface area (Å²) < 4.78 is 5.55. The number of hydrogen-bond donors (Lipinski definition) is 1. The van der Waals surface area contributed by atoms with Crippen molar-refractivity contribution in [2.45, 2.75) is 19.3 Å². The molecule has 1 aromatic heterocycles. The van der Waals surface area contributed by atoms with Crippen molar-refractivity contribution in [2.24, 2.45) is 0 Å². The highest BCUT2D eigenvalue weighted by Gasteiger charge is 2.38. The molecule has 4 nitrogen and oxygen atoms in total. The normalized spacial score (nSPS) is 19.5. The van der Waals surface area contributed by atoms with E-state index in [1.807, 2.05) is 35.7 Å². The summed E-state index contributed by atoms with van der Waals surface area (Å²) in [6, 6.07) is 7.64. The average molecular weight is 344 g/mol. The van der Waals surface area contributed by atoms with Crippen LogP contribution >= 0.6 is 23.1 Å². The quantitative estimate of drug-likeness (QED) is 0.819. The molecule has 0 aliphatic carbocycles. The predicted octanol–water partition coefficient (Wildman–Crippen LogP) is 4.35. The van der Waals surface area contributed by atoms with Gasteiger partial charge in [-0.25, -0.2) is 4.98 Å². The van der Waals surface area contributed by atoms with Crippen LogP contribution < -0.4 is 4.74 Å². The number of hydrogen-bond acceptors (Lipinski definition) is 6. The first-order valence-electron chi connectivity index (χ1n) is 7.33. The zero-order valence-electron chi connectivity index (χ0n) is 12.6. The first kappa shape index (κ1) is 16.0. The van der Waals surface area contributed by atoms with Crippen molar-refractivity contribution >= 4 is 40.0 Å². The van der Waals surface area contributed by atoms with Crippen LogP contribution in [0, 0.1) is 5.41 Å². The van der Waals surface area contributed by atoms with E-state index < -0.39 is 5.92 Å². The summed E-state index contributed by atoms with van der Waals surface area (Å²) in [5.74, 6) is 0.257. The van der Waals surface area contributed by atoms with Crippen LogP contribution in [0.3, 0.4) is 0 Å². The summed E-state index contributed by atoms with van der Waals surface area (Å²) in [5, 5.41) is 10.9. The Kier molecular flexibility index (Phi) is 4.93. The molecular weight excluding hydrogens is 328 g/mol. The van der Waals surface area contributed by atoms with Gasteiger partial charge in [0.15, 0.2) is 5.78 Å². The Hall–Kier alpha value is -1.92. The molecule has 118 valence electrons. The van der Waals surface area contributed by atoms with Crippen LogP contribution in [0.2, 0.25) is 0 Å². The topological polar surface area (TPSA) is 63.0 Å².